The minimum Gasteiger partial charge on any atom is -0.455 e. The Morgan fingerprint density at radius 1 is 0.400 bits per heavy atom. The van der Waals surface area contributed by atoms with Gasteiger partial charge < -0.3 is 4.42 Å². The largest absolute Gasteiger partial charge is 0.455 e. The average molecular weight is 451 g/mol. The van der Waals surface area contributed by atoms with E-state index in [1.807, 2.05) is 30.3 Å². The number of hydrogen-bond donors (Lipinski definition) is 0. The number of furan rings is 1. The van der Waals surface area contributed by atoms with Crippen molar-refractivity contribution in [1.29, 1.82) is 0 Å². The highest BCUT2D eigenvalue weighted by atomic mass is 79.9. The molecule has 1 heterocycles. The molecule has 0 N–H and O–H groups in total. The van der Waals surface area contributed by atoms with Gasteiger partial charge in [0.15, 0.2) is 0 Å². The van der Waals surface area contributed by atoms with Crippen molar-refractivity contribution in [2.45, 2.75) is 0 Å². The van der Waals surface area contributed by atoms with Crippen LogP contribution in [0.2, 0.25) is 0 Å². The van der Waals surface area contributed by atoms with E-state index < -0.39 is 0 Å². The Labute approximate surface area is 184 Å². The topological polar surface area (TPSA) is 13.1 Å². The van der Waals surface area contributed by atoms with Gasteiger partial charge in [0.1, 0.15) is 11.5 Å². The Kier molecular flexibility index (Phi) is 5.08. The molecule has 0 fully saturated rings. The van der Waals surface area contributed by atoms with Gasteiger partial charge in [-0.15, -0.1) is 0 Å². The molecule has 1 aromatic heterocycles. The predicted octanol–water partition coefficient (Wildman–Crippen LogP) is 8.71. The van der Waals surface area contributed by atoms with Crippen molar-refractivity contribution in [3.05, 3.63) is 120 Å². The quantitative estimate of drug-likeness (QED) is 0.266. The Bertz CT molecular complexity index is 1260. The molecule has 4 aromatic carbocycles. The first-order chi connectivity index (χ1) is 14.8. The fourth-order valence-corrected chi connectivity index (χ4v) is 4.05. The molecule has 0 saturated heterocycles. The summed E-state index contributed by atoms with van der Waals surface area (Å²) >= 11 is 3.54. The lowest BCUT2D eigenvalue weighted by atomic mass is 9.91. The van der Waals surface area contributed by atoms with Crippen molar-refractivity contribution in [2.24, 2.45) is 0 Å². The van der Waals surface area contributed by atoms with E-state index in [0.29, 0.717) is 0 Å². The van der Waals surface area contributed by atoms with Crippen molar-refractivity contribution < 1.29 is 4.42 Å². The van der Waals surface area contributed by atoms with Crippen molar-refractivity contribution in [2.75, 3.05) is 0 Å². The van der Waals surface area contributed by atoms with Gasteiger partial charge in [0, 0.05) is 26.7 Å². The molecule has 0 aliphatic carbocycles. The molecule has 0 aliphatic heterocycles. The highest BCUT2D eigenvalue weighted by Crippen LogP contribution is 2.48. The fraction of sp³-hybridized carbons (Fsp3) is 0. The molecule has 0 amide bonds. The summed E-state index contributed by atoms with van der Waals surface area (Å²) in [6.45, 7) is 0. The van der Waals surface area contributed by atoms with Gasteiger partial charge in [-0.05, 0) is 23.3 Å². The van der Waals surface area contributed by atoms with E-state index in [0.717, 1.165) is 49.4 Å². The third kappa shape index (κ3) is 3.51. The van der Waals surface area contributed by atoms with Gasteiger partial charge in [0.25, 0.3) is 0 Å². The highest BCUT2D eigenvalue weighted by molar-refractivity contribution is 9.10. The third-order valence-electron chi connectivity index (χ3n) is 5.18. The molecular weight excluding hydrogens is 432 g/mol. The van der Waals surface area contributed by atoms with Crippen LogP contribution in [-0.2, 0) is 0 Å². The fourth-order valence-electron chi connectivity index (χ4n) is 3.79. The zero-order valence-corrected chi connectivity index (χ0v) is 17.8. The first-order valence-corrected chi connectivity index (χ1v) is 10.7. The van der Waals surface area contributed by atoms with Crippen LogP contribution in [0.4, 0.5) is 0 Å². The molecule has 5 aromatic rings. The maximum atomic E-state index is 6.65. The van der Waals surface area contributed by atoms with E-state index in [4.69, 9.17) is 4.42 Å². The maximum Gasteiger partial charge on any atom is 0.143 e. The molecular formula is C28H19BrO. The van der Waals surface area contributed by atoms with E-state index in [1.54, 1.807) is 0 Å². The summed E-state index contributed by atoms with van der Waals surface area (Å²) in [5, 5.41) is 0. The Morgan fingerprint density at radius 2 is 0.767 bits per heavy atom. The Balaban J connectivity index is 1.88. The zero-order chi connectivity index (χ0) is 20.3. The van der Waals surface area contributed by atoms with Crippen molar-refractivity contribution in [1.82, 2.24) is 0 Å². The van der Waals surface area contributed by atoms with E-state index in [-0.39, 0.29) is 0 Å². The Morgan fingerprint density at radius 3 is 1.20 bits per heavy atom. The molecule has 0 aliphatic rings. The molecule has 144 valence electrons. The lowest BCUT2D eigenvalue weighted by molar-refractivity contribution is 0.599. The van der Waals surface area contributed by atoms with E-state index in [2.05, 4.69) is 101 Å². The van der Waals surface area contributed by atoms with E-state index in [9.17, 15) is 0 Å². The molecule has 0 radical (unpaired) electrons. The van der Waals surface area contributed by atoms with Crippen molar-refractivity contribution >= 4 is 15.9 Å². The van der Waals surface area contributed by atoms with Gasteiger partial charge in [-0.25, -0.2) is 0 Å². The summed E-state index contributed by atoms with van der Waals surface area (Å²) in [4.78, 5) is 0. The number of rotatable bonds is 4. The molecule has 2 heteroatoms. The monoisotopic (exact) mass is 450 g/mol. The van der Waals surface area contributed by atoms with Crippen LogP contribution in [0.1, 0.15) is 0 Å². The van der Waals surface area contributed by atoms with E-state index in [1.165, 1.54) is 0 Å². The Hall–Kier alpha value is -3.36. The van der Waals surface area contributed by atoms with Crippen LogP contribution in [-0.4, -0.2) is 0 Å². The predicted molar refractivity (Wildman–Crippen MR) is 128 cm³/mol. The molecule has 5 rings (SSSR count). The molecule has 0 unspecified atom stereocenters. The standard InChI is InChI=1S/C28H19BrO/c29-24-18-16-23(17-19-24)28-26(21-12-6-2-7-13-21)25(20-10-4-1-5-11-20)27(30-28)22-14-8-3-9-15-22/h1-19H. The zero-order valence-electron chi connectivity index (χ0n) is 16.3. The highest BCUT2D eigenvalue weighted by Gasteiger charge is 2.24. The maximum absolute atomic E-state index is 6.65. The number of halogens is 1. The number of benzene rings is 4. The normalized spacial score (nSPS) is 10.8. The second kappa shape index (κ2) is 8.17. The summed E-state index contributed by atoms with van der Waals surface area (Å²) in [6.07, 6.45) is 0. The SMILES string of the molecule is Brc1ccc(-c2oc(-c3ccccc3)c(-c3ccccc3)c2-c2ccccc2)cc1. The van der Waals surface area contributed by atoms with Gasteiger partial charge in [-0.3, -0.25) is 0 Å². The molecule has 1 nitrogen and oxygen atoms in total. The second-order valence-corrected chi connectivity index (χ2v) is 8.03. The van der Waals surface area contributed by atoms with Crippen molar-refractivity contribution in [3.8, 4) is 44.9 Å². The molecule has 0 bridgehead atoms. The summed E-state index contributed by atoms with van der Waals surface area (Å²) in [5.41, 5.74) is 6.63. The van der Waals surface area contributed by atoms with Gasteiger partial charge in [0.2, 0.25) is 0 Å². The first kappa shape index (κ1) is 18.7. The van der Waals surface area contributed by atoms with Crippen molar-refractivity contribution in [3.63, 3.8) is 0 Å². The van der Waals surface area contributed by atoms with Crippen LogP contribution in [0.25, 0.3) is 44.9 Å². The third-order valence-corrected chi connectivity index (χ3v) is 5.70. The molecule has 0 spiro atoms. The van der Waals surface area contributed by atoms with Crippen LogP contribution in [0.5, 0.6) is 0 Å². The van der Waals surface area contributed by atoms with Crippen LogP contribution in [0.3, 0.4) is 0 Å². The lowest BCUT2D eigenvalue weighted by Gasteiger charge is -2.08. The minimum absolute atomic E-state index is 0.881. The van der Waals surface area contributed by atoms with Crippen LogP contribution >= 0.6 is 15.9 Å². The smallest absolute Gasteiger partial charge is 0.143 e. The summed E-state index contributed by atoms with van der Waals surface area (Å²) in [7, 11) is 0. The molecule has 30 heavy (non-hydrogen) atoms. The number of hydrogen-bond acceptors (Lipinski definition) is 1. The lowest BCUT2D eigenvalue weighted by Crippen LogP contribution is -1.85. The van der Waals surface area contributed by atoms with Gasteiger partial charge in [-0.1, -0.05) is 119 Å². The second-order valence-electron chi connectivity index (χ2n) is 7.12. The summed E-state index contributed by atoms with van der Waals surface area (Å²) in [6, 6.07) is 39.6. The van der Waals surface area contributed by atoms with Gasteiger partial charge in [-0.2, -0.15) is 0 Å². The molecule has 0 atom stereocenters. The van der Waals surface area contributed by atoms with E-state index >= 15 is 0 Å². The van der Waals surface area contributed by atoms with Gasteiger partial charge >= 0.3 is 0 Å². The molecule has 0 saturated carbocycles. The minimum atomic E-state index is 0.881. The average Bonchev–Trinajstić information content (AvgIpc) is 3.22. The summed E-state index contributed by atoms with van der Waals surface area (Å²) < 4.78 is 7.70. The van der Waals surface area contributed by atoms with Crippen LogP contribution in [0, 0.1) is 0 Å². The van der Waals surface area contributed by atoms with Crippen LogP contribution < -0.4 is 0 Å². The van der Waals surface area contributed by atoms with Crippen LogP contribution in [0.15, 0.2) is 124 Å². The first-order valence-electron chi connectivity index (χ1n) is 9.90. The van der Waals surface area contributed by atoms with Gasteiger partial charge in [0.05, 0.1) is 0 Å². The summed E-state index contributed by atoms with van der Waals surface area (Å²) in [5.74, 6) is 1.77.